The molecule has 0 bridgehead atoms. The normalized spacial score (nSPS) is 15.6. The topological polar surface area (TPSA) is 71.7 Å². The van der Waals surface area contributed by atoms with Gasteiger partial charge in [0.2, 0.25) is 0 Å². The SMILES string of the molecule is CCNc1ccc(C#N)cc1N=C1S/C(=C\N(C)c2ccccc2)C(=O)N1Cc1ccccc1. The number of thioether (sulfide) groups is 1. The Labute approximate surface area is 204 Å². The van der Waals surface area contributed by atoms with Crippen LogP contribution in [-0.4, -0.2) is 29.6 Å². The summed E-state index contributed by atoms with van der Waals surface area (Å²) < 4.78 is 0. The average Bonchev–Trinajstić information content (AvgIpc) is 3.15. The Morgan fingerprint density at radius 2 is 1.79 bits per heavy atom. The molecule has 170 valence electrons. The van der Waals surface area contributed by atoms with Crippen molar-refractivity contribution in [2.45, 2.75) is 13.5 Å². The lowest BCUT2D eigenvalue weighted by Gasteiger charge is -2.17. The van der Waals surface area contributed by atoms with Crippen LogP contribution in [-0.2, 0) is 11.3 Å². The van der Waals surface area contributed by atoms with Crippen molar-refractivity contribution in [2.24, 2.45) is 4.99 Å². The van der Waals surface area contributed by atoms with Gasteiger partial charge in [0.1, 0.15) is 0 Å². The second-order valence-electron chi connectivity index (χ2n) is 7.69. The van der Waals surface area contributed by atoms with Gasteiger partial charge in [-0.1, -0.05) is 48.5 Å². The molecule has 1 aliphatic heterocycles. The van der Waals surface area contributed by atoms with Crippen LogP contribution in [0.25, 0.3) is 0 Å². The van der Waals surface area contributed by atoms with E-state index in [-0.39, 0.29) is 5.91 Å². The standard InChI is InChI=1S/C27H25N5OS/c1-3-29-23-15-14-21(17-28)16-24(23)30-27-32(18-20-10-6-4-7-11-20)26(33)25(34-27)19-31(2)22-12-8-5-9-13-22/h4-16,19,29H,3,18H2,1-2H3/b25-19-,30-27?. The molecular weight excluding hydrogens is 442 g/mol. The van der Waals surface area contributed by atoms with Gasteiger partial charge in [-0.25, -0.2) is 4.99 Å². The minimum atomic E-state index is -0.100. The Hall–Kier alpha value is -4.02. The molecule has 1 heterocycles. The molecule has 0 aromatic heterocycles. The van der Waals surface area contributed by atoms with Gasteiger partial charge in [0.15, 0.2) is 5.17 Å². The average molecular weight is 468 g/mol. The van der Waals surface area contributed by atoms with Crippen LogP contribution in [0.4, 0.5) is 17.1 Å². The fourth-order valence-corrected chi connectivity index (χ4v) is 4.54. The number of nitrogens with one attached hydrogen (secondary N) is 1. The summed E-state index contributed by atoms with van der Waals surface area (Å²) in [6.07, 6.45) is 1.85. The molecule has 0 unspecified atom stereocenters. The van der Waals surface area contributed by atoms with Crippen molar-refractivity contribution in [1.82, 2.24) is 4.90 Å². The zero-order chi connectivity index (χ0) is 23.9. The van der Waals surface area contributed by atoms with Crippen molar-refractivity contribution < 1.29 is 4.79 Å². The molecule has 4 rings (SSSR count). The molecule has 1 N–H and O–H groups in total. The number of aliphatic imine (C=N–C) groups is 1. The van der Waals surface area contributed by atoms with Crippen LogP contribution >= 0.6 is 11.8 Å². The van der Waals surface area contributed by atoms with Crippen molar-refractivity contribution in [3.63, 3.8) is 0 Å². The smallest absolute Gasteiger partial charge is 0.268 e. The number of hydrogen-bond acceptors (Lipinski definition) is 6. The summed E-state index contributed by atoms with van der Waals surface area (Å²) in [7, 11) is 1.92. The van der Waals surface area contributed by atoms with Crippen molar-refractivity contribution >= 4 is 39.9 Å². The highest BCUT2D eigenvalue weighted by molar-refractivity contribution is 8.18. The van der Waals surface area contributed by atoms with Gasteiger partial charge in [0, 0.05) is 25.5 Å². The highest BCUT2D eigenvalue weighted by Gasteiger charge is 2.34. The van der Waals surface area contributed by atoms with Gasteiger partial charge < -0.3 is 10.2 Å². The third-order valence-electron chi connectivity index (χ3n) is 5.26. The number of amidine groups is 1. The maximum Gasteiger partial charge on any atom is 0.268 e. The van der Waals surface area contributed by atoms with Crippen LogP contribution in [0, 0.1) is 11.3 Å². The van der Waals surface area contributed by atoms with Crippen LogP contribution < -0.4 is 10.2 Å². The van der Waals surface area contributed by atoms with E-state index in [1.165, 1.54) is 11.8 Å². The second-order valence-corrected chi connectivity index (χ2v) is 8.70. The van der Waals surface area contributed by atoms with E-state index in [0.29, 0.717) is 27.9 Å². The number of nitriles is 1. The minimum absolute atomic E-state index is 0.100. The molecule has 0 radical (unpaired) electrons. The molecule has 1 aliphatic rings. The number of benzene rings is 3. The van der Waals surface area contributed by atoms with E-state index in [9.17, 15) is 10.1 Å². The molecule has 0 spiro atoms. The van der Waals surface area contributed by atoms with E-state index < -0.39 is 0 Å². The molecule has 0 aliphatic carbocycles. The van der Waals surface area contributed by atoms with Crippen LogP contribution in [0.5, 0.6) is 0 Å². The van der Waals surface area contributed by atoms with E-state index >= 15 is 0 Å². The highest BCUT2D eigenvalue weighted by Crippen LogP contribution is 2.36. The third kappa shape index (κ3) is 5.30. The number of nitrogens with zero attached hydrogens (tertiary/aromatic N) is 4. The van der Waals surface area contributed by atoms with Gasteiger partial charge in [-0.3, -0.25) is 9.69 Å². The number of amides is 1. The lowest BCUT2D eigenvalue weighted by Crippen LogP contribution is -2.28. The van der Waals surface area contributed by atoms with Crippen molar-refractivity contribution in [2.75, 3.05) is 23.8 Å². The summed E-state index contributed by atoms with van der Waals surface area (Å²) in [4.78, 5) is 22.5. The van der Waals surface area contributed by atoms with Gasteiger partial charge in [0.25, 0.3) is 5.91 Å². The number of carbonyl (C=O) groups is 1. The maximum absolute atomic E-state index is 13.5. The molecule has 1 saturated heterocycles. The first kappa shape index (κ1) is 23.1. The molecule has 1 amide bonds. The first-order valence-corrected chi connectivity index (χ1v) is 11.8. The molecule has 3 aromatic carbocycles. The Bertz CT molecular complexity index is 1270. The predicted molar refractivity (Wildman–Crippen MR) is 140 cm³/mol. The van der Waals surface area contributed by atoms with Gasteiger partial charge in [0.05, 0.1) is 34.5 Å². The number of hydrogen-bond donors (Lipinski definition) is 1. The van der Waals surface area contributed by atoms with Crippen LogP contribution in [0.15, 0.2) is 95.0 Å². The van der Waals surface area contributed by atoms with Gasteiger partial charge in [-0.2, -0.15) is 5.26 Å². The summed E-state index contributed by atoms with van der Waals surface area (Å²) in [6.45, 7) is 3.13. The zero-order valence-electron chi connectivity index (χ0n) is 19.1. The van der Waals surface area contributed by atoms with E-state index in [4.69, 9.17) is 4.99 Å². The Kier molecular flexibility index (Phi) is 7.31. The molecule has 3 aromatic rings. The monoisotopic (exact) mass is 467 g/mol. The molecule has 6 nitrogen and oxygen atoms in total. The molecular formula is C27H25N5OS. The fraction of sp³-hybridized carbons (Fsp3) is 0.148. The number of para-hydroxylation sites is 1. The maximum atomic E-state index is 13.5. The Morgan fingerprint density at radius 1 is 1.09 bits per heavy atom. The second kappa shape index (κ2) is 10.7. The van der Waals surface area contributed by atoms with Crippen LogP contribution in [0.1, 0.15) is 18.1 Å². The van der Waals surface area contributed by atoms with E-state index in [1.54, 1.807) is 17.0 Å². The number of anilines is 2. The molecule has 0 atom stereocenters. The Balaban J connectivity index is 1.74. The van der Waals surface area contributed by atoms with Crippen molar-refractivity contribution in [3.05, 3.63) is 101 Å². The largest absolute Gasteiger partial charge is 0.384 e. The zero-order valence-corrected chi connectivity index (χ0v) is 19.9. The number of carbonyl (C=O) groups excluding carboxylic acids is 1. The van der Waals surface area contributed by atoms with Gasteiger partial charge in [-0.15, -0.1) is 0 Å². The molecule has 1 fully saturated rings. The van der Waals surface area contributed by atoms with E-state index in [0.717, 1.165) is 23.5 Å². The van der Waals surface area contributed by atoms with Crippen LogP contribution in [0.3, 0.4) is 0 Å². The van der Waals surface area contributed by atoms with Crippen LogP contribution in [0.2, 0.25) is 0 Å². The summed E-state index contributed by atoms with van der Waals surface area (Å²) in [6, 6.07) is 27.3. The van der Waals surface area contributed by atoms with E-state index in [1.807, 2.05) is 91.8 Å². The Morgan fingerprint density at radius 3 is 2.47 bits per heavy atom. The quantitative estimate of drug-likeness (QED) is 0.449. The summed E-state index contributed by atoms with van der Waals surface area (Å²) >= 11 is 1.34. The molecule has 34 heavy (non-hydrogen) atoms. The number of rotatable bonds is 7. The van der Waals surface area contributed by atoms with Gasteiger partial charge >= 0.3 is 0 Å². The first-order valence-electron chi connectivity index (χ1n) is 11.0. The van der Waals surface area contributed by atoms with Gasteiger partial charge in [-0.05, 0) is 54.6 Å². The lowest BCUT2D eigenvalue weighted by molar-refractivity contribution is -0.122. The fourth-order valence-electron chi connectivity index (χ4n) is 3.54. The highest BCUT2D eigenvalue weighted by atomic mass is 32.2. The predicted octanol–water partition coefficient (Wildman–Crippen LogP) is 5.73. The third-order valence-corrected chi connectivity index (χ3v) is 6.25. The minimum Gasteiger partial charge on any atom is -0.384 e. The summed E-state index contributed by atoms with van der Waals surface area (Å²) in [5, 5.41) is 13.2. The molecule has 7 heteroatoms. The molecule has 0 saturated carbocycles. The lowest BCUT2D eigenvalue weighted by atomic mass is 10.2. The van der Waals surface area contributed by atoms with Crippen molar-refractivity contribution in [1.29, 1.82) is 5.26 Å². The van der Waals surface area contributed by atoms with Crippen molar-refractivity contribution in [3.8, 4) is 6.07 Å². The summed E-state index contributed by atoms with van der Waals surface area (Å²) in [5.74, 6) is -0.100. The summed E-state index contributed by atoms with van der Waals surface area (Å²) in [5.41, 5.74) is 3.97. The first-order chi connectivity index (χ1) is 16.6. The van der Waals surface area contributed by atoms with E-state index in [2.05, 4.69) is 11.4 Å².